The molecule has 1 aromatic carbocycles. The van der Waals surface area contributed by atoms with E-state index in [1.54, 1.807) is 6.08 Å². The van der Waals surface area contributed by atoms with Crippen LogP contribution < -0.4 is 0 Å². The monoisotopic (exact) mass is 236 g/mol. The van der Waals surface area contributed by atoms with Crippen molar-refractivity contribution in [3.05, 3.63) is 48.6 Å². The van der Waals surface area contributed by atoms with E-state index in [9.17, 15) is 4.79 Å². The van der Waals surface area contributed by atoms with E-state index in [1.807, 2.05) is 18.2 Å². The lowest BCUT2D eigenvalue weighted by Gasteiger charge is -2.01. The van der Waals surface area contributed by atoms with Crippen LogP contribution in [0.5, 0.6) is 0 Å². The van der Waals surface area contributed by atoms with Crippen molar-refractivity contribution in [2.75, 3.05) is 12.4 Å². The predicted octanol–water partition coefficient (Wildman–Crippen LogP) is 3.68. The van der Waals surface area contributed by atoms with Crippen molar-refractivity contribution >= 4 is 17.1 Å². The molecule has 0 N–H and O–H groups in total. The van der Waals surface area contributed by atoms with Gasteiger partial charge in [-0.25, -0.2) is 4.79 Å². The Bertz CT molecular complexity index is 322. The molecular formula is C13H16O2S. The van der Waals surface area contributed by atoms with Crippen molar-refractivity contribution in [1.82, 2.24) is 0 Å². The normalized spacial score (nSPS) is 9.75. The van der Waals surface area contributed by atoms with Crippen molar-refractivity contribution in [3.63, 3.8) is 0 Å². The molecule has 16 heavy (non-hydrogen) atoms. The Morgan fingerprint density at radius 3 is 2.81 bits per heavy atom. The van der Waals surface area contributed by atoms with E-state index < -0.39 is 0 Å². The van der Waals surface area contributed by atoms with Gasteiger partial charge in [0.15, 0.2) is 0 Å². The summed E-state index contributed by atoms with van der Waals surface area (Å²) < 4.78 is 4.85. The number of thioether (sulfide) groups is 1. The van der Waals surface area contributed by atoms with Crippen LogP contribution in [0, 0.1) is 0 Å². The van der Waals surface area contributed by atoms with Crippen molar-refractivity contribution in [1.29, 1.82) is 0 Å². The largest absolute Gasteiger partial charge is 0.453 e. The third-order valence-corrected chi connectivity index (χ3v) is 2.84. The summed E-state index contributed by atoms with van der Waals surface area (Å²) in [7, 11) is 0. The maximum absolute atomic E-state index is 11.1. The Balaban J connectivity index is 2.08. The topological polar surface area (TPSA) is 26.3 Å². The number of rotatable bonds is 6. The Morgan fingerprint density at radius 2 is 2.12 bits per heavy atom. The van der Waals surface area contributed by atoms with E-state index >= 15 is 0 Å². The molecule has 0 amide bonds. The van der Waals surface area contributed by atoms with E-state index in [2.05, 4.69) is 18.7 Å². The SMILES string of the molecule is C=CCOC(=O)SCCCc1ccccc1. The minimum atomic E-state index is -0.215. The summed E-state index contributed by atoms with van der Waals surface area (Å²) in [6.07, 6.45) is 3.56. The van der Waals surface area contributed by atoms with Gasteiger partial charge in [0.2, 0.25) is 0 Å². The fraction of sp³-hybridized carbons (Fsp3) is 0.308. The highest BCUT2D eigenvalue weighted by molar-refractivity contribution is 8.13. The number of aryl methyl sites for hydroxylation is 1. The first-order chi connectivity index (χ1) is 7.83. The summed E-state index contributed by atoms with van der Waals surface area (Å²) in [5.41, 5.74) is 1.31. The zero-order valence-corrected chi connectivity index (χ0v) is 10.0. The molecule has 1 aromatic rings. The average molecular weight is 236 g/mol. The summed E-state index contributed by atoms with van der Waals surface area (Å²) in [5.74, 6) is 0.796. The van der Waals surface area contributed by atoms with Gasteiger partial charge in [-0.3, -0.25) is 0 Å². The molecule has 0 saturated heterocycles. The van der Waals surface area contributed by atoms with Crippen LogP contribution in [0.2, 0.25) is 0 Å². The second-order valence-electron chi connectivity index (χ2n) is 3.29. The highest BCUT2D eigenvalue weighted by Crippen LogP contribution is 2.10. The molecule has 2 nitrogen and oxygen atoms in total. The van der Waals surface area contributed by atoms with Gasteiger partial charge in [-0.15, -0.1) is 0 Å². The highest BCUT2D eigenvalue weighted by atomic mass is 32.2. The number of hydrogen-bond donors (Lipinski definition) is 0. The Morgan fingerprint density at radius 1 is 1.38 bits per heavy atom. The molecule has 1 rings (SSSR count). The molecule has 0 spiro atoms. The van der Waals surface area contributed by atoms with E-state index in [4.69, 9.17) is 4.74 Å². The van der Waals surface area contributed by atoms with Crippen molar-refractivity contribution in [2.24, 2.45) is 0 Å². The van der Waals surface area contributed by atoms with E-state index in [0.29, 0.717) is 6.61 Å². The van der Waals surface area contributed by atoms with Gasteiger partial charge in [-0.2, -0.15) is 0 Å². The molecule has 0 aromatic heterocycles. The van der Waals surface area contributed by atoms with Crippen LogP contribution in [-0.4, -0.2) is 17.7 Å². The minimum absolute atomic E-state index is 0.215. The van der Waals surface area contributed by atoms with Crippen LogP contribution in [0.3, 0.4) is 0 Å². The minimum Gasteiger partial charge on any atom is -0.453 e. The van der Waals surface area contributed by atoms with Crippen molar-refractivity contribution in [3.8, 4) is 0 Å². The molecule has 0 atom stereocenters. The zero-order valence-electron chi connectivity index (χ0n) is 9.22. The molecular weight excluding hydrogens is 220 g/mol. The van der Waals surface area contributed by atoms with Crippen molar-refractivity contribution < 1.29 is 9.53 Å². The first-order valence-electron chi connectivity index (χ1n) is 5.27. The van der Waals surface area contributed by atoms with Crippen LogP contribution in [0.1, 0.15) is 12.0 Å². The number of carbonyl (C=O) groups is 1. The van der Waals surface area contributed by atoms with E-state index in [-0.39, 0.29) is 5.30 Å². The molecule has 0 heterocycles. The van der Waals surface area contributed by atoms with E-state index in [1.165, 1.54) is 17.3 Å². The molecule has 0 unspecified atom stereocenters. The van der Waals surface area contributed by atoms with Gasteiger partial charge in [0.1, 0.15) is 6.61 Å². The predicted molar refractivity (Wildman–Crippen MR) is 68.8 cm³/mol. The smallest absolute Gasteiger partial charge is 0.367 e. The van der Waals surface area contributed by atoms with Crippen LogP contribution in [0.15, 0.2) is 43.0 Å². The quantitative estimate of drug-likeness (QED) is 0.428. The molecule has 0 fully saturated rings. The van der Waals surface area contributed by atoms with Gasteiger partial charge in [0, 0.05) is 5.75 Å². The second kappa shape index (κ2) is 7.99. The van der Waals surface area contributed by atoms with Crippen LogP contribution in [0.25, 0.3) is 0 Å². The molecule has 0 radical (unpaired) electrons. The Kier molecular flexibility index (Phi) is 6.42. The Labute approximate surface area is 101 Å². The molecule has 0 aliphatic rings. The average Bonchev–Trinajstić information content (AvgIpc) is 2.33. The molecule has 0 bridgehead atoms. The maximum atomic E-state index is 11.1. The fourth-order valence-electron chi connectivity index (χ4n) is 1.25. The van der Waals surface area contributed by atoms with Gasteiger partial charge in [0.25, 0.3) is 0 Å². The molecule has 0 aliphatic carbocycles. The van der Waals surface area contributed by atoms with E-state index in [0.717, 1.165) is 18.6 Å². The lowest BCUT2D eigenvalue weighted by Crippen LogP contribution is -1.98. The second-order valence-corrected chi connectivity index (χ2v) is 4.32. The van der Waals surface area contributed by atoms with Crippen molar-refractivity contribution in [2.45, 2.75) is 12.8 Å². The van der Waals surface area contributed by atoms with Crippen LogP contribution in [-0.2, 0) is 11.2 Å². The summed E-state index contributed by atoms with van der Waals surface area (Å²) in [4.78, 5) is 11.1. The van der Waals surface area contributed by atoms with Crippen LogP contribution >= 0.6 is 11.8 Å². The Hall–Kier alpha value is -1.22. The molecule has 86 valence electrons. The summed E-state index contributed by atoms with van der Waals surface area (Å²) >= 11 is 1.23. The third-order valence-electron chi connectivity index (χ3n) is 1.99. The lowest BCUT2D eigenvalue weighted by molar-refractivity contribution is 0.188. The molecule has 0 aliphatic heterocycles. The third kappa shape index (κ3) is 5.61. The number of hydrogen-bond acceptors (Lipinski definition) is 3. The molecule has 3 heteroatoms. The molecule has 0 saturated carbocycles. The highest BCUT2D eigenvalue weighted by Gasteiger charge is 2.01. The lowest BCUT2D eigenvalue weighted by atomic mass is 10.1. The van der Waals surface area contributed by atoms with Crippen LogP contribution in [0.4, 0.5) is 4.79 Å². The van der Waals surface area contributed by atoms with Gasteiger partial charge in [0.05, 0.1) is 0 Å². The zero-order chi connectivity index (χ0) is 11.6. The number of carbonyl (C=O) groups excluding carboxylic acids is 1. The maximum Gasteiger partial charge on any atom is 0.367 e. The summed E-state index contributed by atoms with van der Waals surface area (Å²) in [5, 5.41) is -0.215. The standard InChI is InChI=1S/C13H16O2S/c1-2-10-15-13(14)16-11-6-9-12-7-4-3-5-8-12/h2-5,7-8H,1,6,9-11H2. The number of benzene rings is 1. The van der Waals surface area contributed by atoms with Gasteiger partial charge >= 0.3 is 5.30 Å². The summed E-state index contributed by atoms with van der Waals surface area (Å²) in [6, 6.07) is 10.3. The first-order valence-corrected chi connectivity index (χ1v) is 6.26. The number of ether oxygens (including phenoxy) is 1. The van der Waals surface area contributed by atoms with Gasteiger partial charge < -0.3 is 4.74 Å². The summed E-state index contributed by atoms with van der Waals surface area (Å²) in [6.45, 7) is 3.78. The van der Waals surface area contributed by atoms with Gasteiger partial charge in [-0.1, -0.05) is 43.0 Å². The van der Waals surface area contributed by atoms with Gasteiger partial charge in [-0.05, 0) is 30.2 Å². The fourth-order valence-corrected chi connectivity index (χ4v) is 1.85. The first kappa shape index (κ1) is 12.8.